The summed E-state index contributed by atoms with van der Waals surface area (Å²) in [5.41, 5.74) is 0.724. The molecule has 1 unspecified atom stereocenters. The van der Waals surface area contributed by atoms with E-state index in [0.29, 0.717) is 6.54 Å². The minimum Gasteiger partial charge on any atom is -0.462 e. The van der Waals surface area contributed by atoms with Crippen LogP contribution in [0, 0.1) is 10.1 Å². The summed E-state index contributed by atoms with van der Waals surface area (Å²) in [6.07, 6.45) is 3.45. The number of nitrogens with zero attached hydrogens (tertiary/aromatic N) is 2. The fourth-order valence-electron chi connectivity index (χ4n) is 3.22. The van der Waals surface area contributed by atoms with Gasteiger partial charge in [-0.05, 0) is 38.0 Å². The number of nitro groups is 1. The molecule has 136 valence electrons. The topological polar surface area (TPSA) is 106 Å². The molecule has 3 rings (SSSR count). The Kier molecular flexibility index (Phi) is 5.01. The predicted molar refractivity (Wildman–Crippen MR) is 92.9 cm³/mol. The molecule has 0 spiro atoms. The number of amides is 1. The predicted octanol–water partition coefficient (Wildman–Crippen LogP) is 3.08. The van der Waals surface area contributed by atoms with Crippen LogP contribution in [-0.4, -0.2) is 39.8 Å². The number of hydrogen-bond acceptors (Lipinski definition) is 5. The number of esters is 1. The average molecular weight is 357 g/mol. The Morgan fingerprint density at radius 1 is 1.35 bits per heavy atom. The molecule has 1 atom stereocenters. The van der Waals surface area contributed by atoms with Crippen molar-refractivity contribution in [1.82, 2.24) is 9.88 Å². The lowest BCUT2D eigenvalue weighted by atomic mass is 10.1. The summed E-state index contributed by atoms with van der Waals surface area (Å²) in [6.45, 7) is 2.35. The van der Waals surface area contributed by atoms with Gasteiger partial charge in [0.1, 0.15) is 0 Å². The number of likely N-dealkylation sites (tertiary alicyclic amines) is 1. The van der Waals surface area contributed by atoms with E-state index >= 15 is 0 Å². The van der Waals surface area contributed by atoms with Crippen molar-refractivity contribution in [2.45, 2.75) is 25.8 Å². The molecule has 26 heavy (non-hydrogen) atoms. The van der Waals surface area contributed by atoms with Crippen LogP contribution in [0.15, 0.2) is 36.5 Å². The van der Waals surface area contributed by atoms with E-state index in [-0.39, 0.29) is 35.4 Å². The highest BCUT2D eigenvalue weighted by Crippen LogP contribution is 2.33. The summed E-state index contributed by atoms with van der Waals surface area (Å²) in [5.74, 6) is -1.02. The summed E-state index contributed by atoms with van der Waals surface area (Å²) in [7, 11) is 0. The number of carbonyl (C=O) groups is 2. The van der Waals surface area contributed by atoms with Crippen LogP contribution in [0.25, 0.3) is 0 Å². The van der Waals surface area contributed by atoms with Crippen molar-refractivity contribution in [3.8, 4) is 0 Å². The molecule has 8 nitrogen and oxygen atoms in total. The van der Waals surface area contributed by atoms with Gasteiger partial charge in [0, 0.05) is 36.1 Å². The van der Waals surface area contributed by atoms with E-state index in [0.717, 1.165) is 24.6 Å². The molecular formula is C18H19N3O5. The molecule has 1 aromatic carbocycles. The number of aromatic amines is 1. The first-order valence-corrected chi connectivity index (χ1v) is 8.42. The largest absolute Gasteiger partial charge is 0.462 e. The fraction of sp³-hybridized carbons (Fsp3) is 0.333. The summed E-state index contributed by atoms with van der Waals surface area (Å²) in [5, 5.41) is 11.2. The second-order valence-electron chi connectivity index (χ2n) is 6.03. The molecule has 2 heterocycles. The van der Waals surface area contributed by atoms with Crippen LogP contribution in [0.2, 0.25) is 0 Å². The average Bonchev–Trinajstić information content (AvgIpc) is 3.31. The van der Waals surface area contributed by atoms with Gasteiger partial charge in [0.15, 0.2) is 0 Å². The normalized spacial score (nSPS) is 16.5. The first-order valence-electron chi connectivity index (χ1n) is 8.42. The molecule has 0 radical (unpaired) electrons. The van der Waals surface area contributed by atoms with E-state index in [2.05, 4.69) is 4.98 Å². The fourth-order valence-corrected chi connectivity index (χ4v) is 3.22. The van der Waals surface area contributed by atoms with E-state index in [1.165, 1.54) is 12.1 Å². The molecule has 1 aliphatic heterocycles. The number of aromatic nitrogens is 1. The Labute approximate surface area is 149 Å². The Morgan fingerprint density at radius 3 is 2.77 bits per heavy atom. The second-order valence-corrected chi connectivity index (χ2v) is 6.03. The Bertz CT molecular complexity index is 831. The Balaban J connectivity index is 1.95. The maximum Gasteiger partial charge on any atom is 0.338 e. The number of H-pyrrole nitrogens is 1. The lowest BCUT2D eigenvalue weighted by Gasteiger charge is -2.24. The smallest absolute Gasteiger partial charge is 0.338 e. The number of ether oxygens (including phenoxy) is 1. The van der Waals surface area contributed by atoms with E-state index in [9.17, 15) is 19.7 Å². The number of rotatable bonds is 5. The molecule has 2 aromatic rings. The van der Waals surface area contributed by atoms with Crippen LogP contribution in [0.5, 0.6) is 0 Å². The van der Waals surface area contributed by atoms with Gasteiger partial charge in [0.05, 0.1) is 23.1 Å². The highest BCUT2D eigenvalue weighted by Gasteiger charge is 2.32. The number of nitro benzene ring substituents is 1. The summed E-state index contributed by atoms with van der Waals surface area (Å²) >= 11 is 0. The van der Waals surface area contributed by atoms with Crippen LogP contribution in [0.4, 0.5) is 5.69 Å². The number of hydrogen-bond donors (Lipinski definition) is 1. The van der Waals surface area contributed by atoms with Crippen LogP contribution < -0.4 is 0 Å². The lowest BCUT2D eigenvalue weighted by molar-refractivity contribution is -0.384. The van der Waals surface area contributed by atoms with Crippen LogP contribution in [-0.2, 0) is 4.74 Å². The van der Waals surface area contributed by atoms with Gasteiger partial charge in [0.2, 0.25) is 0 Å². The third kappa shape index (κ3) is 3.44. The first-order chi connectivity index (χ1) is 12.5. The van der Waals surface area contributed by atoms with Crippen molar-refractivity contribution >= 4 is 17.6 Å². The van der Waals surface area contributed by atoms with Crippen molar-refractivity contribution < 1.29 is 19.2 Å². The highest BCUT2D eigenvalue weighted by molar-refractivity contribution is 5.99. The zero-order valence-electron chi connectivity index (χ0n) is 14.3. The monoisotopic (exact) mass is 357 g/mol. The van der Waals surface area contributed by atoms with Crippen molar-refractivity contribution in [2.24, 2.45) is 0 Å². The van der Waals surface area contributed by atoms with Crippen LogP contribution >= 0.6 is 0 Å². The summed E-state index contributed by atoms with van der Waals surface area (Å²) in [4.78, 5) is 40.4. The minimum atomic E-state index is -0.687. The zero-order chi connectivity index (χ0) is 18.7. The van der Waals surface area contributed by atoms with E-state index in [4.69, 9.17) is 4.74 Å². The molecule has 1 aliphatic rings. The molecule has 0 saturated carbocycles. The SMILES string of the molecule is CCOC(=O)c1cc(C(=O)N2CCCC2c2ccc[nH]2)cc([N+](=O)[O-])c1. The van der Waals surface area contributed by atoms with E-state index in [1.54, 1.807) is 18.0 Å². The van der Waals surface area contributed by atoms with Gasteiger partial charge in [-0.25, -0.2) is 4.79 Å². The third-order valence-corrected chi connectivity index (χ3v) is 4.38. The van der Waals surface area contributed by atoms with Gasteiger partial charge in [-0.15, -0.1) is 0 Å². The molecule has 1 fully saturated rings. The zero-order valence-corrected chi connectivity index (χ0v) is 14.3. The van der Waals surface area contributed by atoms with Gasteiger partial charge < -0.3 is 14.6 Å². The Hall–Kier alpha value is -3.16. The van der Waals surface area contributed by atoms with Gasteiger partial charge in [-0.3, -0.25) is 14.9 Å². The van der Waals surface area contributed by atoms with Crippen molar-refractivity contribution in [2.75, 3.05) is 13.2 Å². The summed E-state index contributed by atoms with van der Waals surface area (Å²) in [6, 6.07) is 7.35. The standard InChI is InChI=1S/C18H19N3O5/c1-2-26-18(23)13-9-12(10-14(11-13)21(24)25)17(22)20-8-4-6-16(20)15-5-3-7-19-15/h3,5,7,9-11,16,19H,2,4,6,8H2,1H3. The maximum absolute atomic E-state index is 13.0. The summed E-state index contributed by atoms with van der Waals surface area (Å²) < 4.78 is 4.91. The van der Waals surface area contributed by atoms with Crippen molar-refractivity contribution in [3.05, 3.63) is 63.5 Å². The highest BCUT2D eigenvalue weighted by atomic mass is 16.6. The molecule has 0 bridgehead atoms. The molecule has 8 heteroatoms. The maximum atomic E-state index is 13.0. The number of non-ortho nitro benzene ring substituents is 1. The number of benzene rings is 1. The van der Waals surface area contributed by atoms with Crippen LogP contribution in [0.3, 0.4) is 0 Å². The van der Waals surface area contributed by atoms with Crippen LogP contribution in [0.1, 0.15) is 52.2 Å². The second kappa shape index (κ2) is 7.38. The molecular weight excluding hydrogens is 338 g/mol. The molecule has 1 saturated heterocycles. The third-order valence-electron chi connectivity index (χ3n) is 4.38. The molecule has 1 N–H and O–H groups in total. The van der Waals surface area contributed by atoms with Gasteiger partial charge in [-0.2, -0.15) is 0 Å². The number of carbonyl (C=O) groups excluding carboxylic acids is 2. The Morgan fingerprint density at radius 2 is 2.12 bits per heavy atom. The van der Waals surface area contributed by atoms with Gasteiger partial charge in [0.25, 0.3) is 11.6 Å². The van der Waals surface area contributed by atoms with Crippen molar-refractivity contribution in [1.29, 1.82) is 0 Å². The van der Waals surface area contributed by atoms with E-state index < -0.39 is 10.9 Å². The van der Waals surface area contributed by atoms with E-state index in [1.807, 2.05) is 12.1 Å². The molecule has 1 aromatic heterocycles. The van der Waals surface area contributed by atoms with Gasteiger partial charge >= 0.3 is 5.97 Å². The molecule has 1 amide bonds. The van der Waals surface area contributed by atoms with Gasteiger partial charge in [-0.1, -0.05) is 0 Å². The lowest BCUT2D eigenvalue weighted by Crippen LogP contribution is -2.31. The number of nitrogens with one attached hydrogen (secondary N) is 1. The quantitative estimate of drug-likeness (QED) is 0.503. The van der Waals surface area contributed by atoms with Crippen molar-refractivity contribution in [3.63, 3.8) is 0 Å². The first kappa shape index (κ1) is 17.7. The minimum absolute atomic E-state index is 0.0000190. The molecule has 0 aliphatic carbocycles.